The quantitative estimate of drug-likeness (QED) is 0.502. The van der Waals surface area contributed by atoms with Crippen molar-refractivity contribution in [3.05, 3.63) is 83.8 Å². The van der Waals surface area contributed by atoms with Gasteiger partial charge in [-0.15, -0.1) is 0 Å². The number of nitrogens with zero attached hydrogens (tertiary/aromatic N) is 4. The summed E-state index contributed by atoms with van der Waals surface area (Å²) in [6.07, 6.45) is 3.93. The zero-order valence-corrected chi connectivity index (χ0v) is 17.2. The minimum atomic E-state index is -0.00959. The molecule has 1 unspecified atom stereocenters. The molecular weight excluding hydrogens is 388 g/mol. The number of fused-ring (bicyclic) bond motifs is 1. The number of likely N-dealkylation sites (tertiary alicyclic amines) is 1. The number of carbonyl (C=O) groups is 1. The number of benzene rings is 1. The van der Waals surface area contributed by atoms with Gasteiger partial charge in [0.2, 0.25) is 5.91 Å². The van der Waals surface area contributed by atoms with Crippen LogP contribution >= 0.6 is 0 Å². The van der Waals surface area contributed by atoms with Crippen molar-refractivity contribution < 1.29 is 4.79 Å². The summed E-state index contributed by atoms with van der Waals surface area (Å²) < 4.78 is 0. The van der Waals surface area contributed by atoms with E-state index in [0.29, 0.717) is 13.0 Å². The van der Waals surface area contributed by atoms with Gasteiger partial charge in [0.25, 0.3) is 0 Å². The normalized spacial score (nSPS) is 16.0. The number of pyridine rings is 2. The minimum absolute atomic E-state index is 0.00959. The fourth-order valence-corrected chi connectivity index (χ4v) is 4.15. The summed E-state index contributed by atoms with van der Waals surface area (Å²) in [7, 11) is 0. The third-order valence-corrected chi connectivity index (χ3v) is 5.72. The summed E-state index contributed by atoms with van der Waals surface area (Å²) in [6.45, 7) is 1.45. The second kappa shape index (κ2) is 8.55. The molecule has 1 fully saturated rings. The van der Waals surface area contributed by atoms with Crippen molar-refractivity contribution in [2.24, 2.45) is 0 Å². The van der Waals surface area contributed by atoms with Gasteiger partial charge in [0.05, 0.1) is 23.5 Å². The molecule has 2 N–H and O–H groups in total. The minimum Gasteiger partial charge on any atom is -0.364 e. The molecule has 7 heteroatoms. The van der Waals surface area contributed by atoms with E-state index in [1.54, 1.807) is 6.20 Å². The molecular formula is C24H24N6O. The topological polar surface area (TPSA) is 86.8 Å². The molecule has 0 bridgehead atoms. The van der Waals surface area contributed by atoms with Crippen LogP contribution in [-0.4, -0.2) is 37.5 Å². The number of H-pyrrole nitrogens is 1. The Bertz CT molecular complexity index is 1170. The van der Waals surface area contributed by atoms with Gasteiger partial charge in [0.1, 0.15) is 0 Å². The fourth-order valence-electron chi connectivity index (χ4n) is 4.15. The van der Waals surface area contributed by atoms with Crippen LogP contribution in [0.15, 0.2) is 66.9 Å². The van der Waals surface area contributed by atoms with Crippen LogP contribution in [-0.2, 0) is 17.8 Å². The van der Waals surface area contributed by atoms with Gasteiger partial charge in [0.15, 0.2) is 11.5 Å². The van der Waals surface area contributed by atoms with E-state index in [2.05, 4.69) is 32.6 Å². The third-order valence-electron chi connectivity index (χ3n) is 5.72. The number of hydrogen-bond acceptors (Lipinski definition) is 5. The zero-order valence-electron chi connectivity index (χ0n) is 17.2. The number of rotatable bonds is 6. The molecule has 7 nitrogen and oxygen atoms in total. The number of amides is 1. The first-order chi connectivity index (χ1) is 15.3. The smallest absolute Gasteiger partial charge is 0.229 e. The molecule has 5 rings (SSSR count). The summed E-state index contributed by atoms with van der Waals surface area (Å²) in [5, 5.41) is 11.8. The first-order valence-electron chi connectivity index (χ1n) is 10.6. The molecule has 1 aliphatic rings. The first-order valence-corrected chi connectivity index (χ1v) is 10.6. The molecule has 156 valence electrons. The van der Waals surface area contributed by atoms with E-state index >= 15 is 0 Å². The van der Waals surface area contributed by atoms with Crippen LogP contribution in [0.25, 0.3) is 11.0 Å². The van der Waals surface area contributed by atoms with Crippen LogP contribution in [0.2, 0.25) is 0 Å². The summed E-state index contributed by atoms with van der Waals surface area (Å²) in [5.41, 5.74) is 3.62. The number of anilines is 1. The molecule has 31 heavy (non-hydrogen) atoms. The van der Waals surface area contributed by atoms with Gasteiger partial charge < -0.3 is 10.2 Å². The molecule has 1 aliphatic heterocycles. The standard InChI is InChI=1S/C24H24N6O/c31-22(15-18-9-4-5-13-25-18)30-14-6-10-21(30)20-12-11-19-23(28-29-24(19)27-20)26-16-17-7-2-1-3-8-17/h1-5,7-9,11-13,21H,6,10,14-16H2,(H2,26,27,28,29). The molecule has 1 saturated heterocycles. The monoisotopic (exact) mass is 412 g/mol. The van der Waals surface area contributed by atoms with Gasteiger partial charge in [-0.1, -0.05) is 36.4 Å². The van der Waals surface area contributed by atoms with Crippen molar-refractivity contribution in [2.75, 3.05) is 11.9 Å². The molecule has 4 aromatic rings. The van der Waals surface area contributed by atoms with Gasteiger partial charge in [-0.2, -0.15) is 5.10 Å². The Kier molecular flexibility index (Phi) is 5.31. The number of nitrogens with one attached hydrogen (secondary N) is 2. The fraction of sp³-hybridized carbons (Fsp3) is 0.250. The Morgan fingerprint density at radius 1 is 1.10 bits per heavy atom. The highest BCUT2D eigenvalue weighted by Gasteiger charge is 2.31. The van der Waals surface area contributed by atoms with Gasteiger partial charge in [0, 0.05) is 25.0 Å². The average molecular weight is 412 g/mol. The van der Waals surface area contributed by atoms with E-state index in [1.807, 2.05) is 53.4 Å². The number of hydrogen-bond donors (Lipinski definition) is 2. The number of aromatic nitrogens is 4. The Morgan fingerprint density at radius 3 is 2.81 bits per heavy atom. The Labute approximate surface area is 180 Å². The van der Waals surface area contributed by atoms with Crippen LogP contribution in [0.3, 0.4) is 0 Å². The number of carbonyl (C=O) groups excluding carboxylic acids is 1. The van der Waals surface area contributed by atoms with Gasteiger partial charge >= 0.3 is 0 Å². The SMILES string of the molecule is O=C(Cc1ccccn1)N1CCCC1c1ccc2c(NCc3ccccc3)n[nH]c2n1. The highest BCUT2D eigenvalue weighted by Crippen LogP contribution is 2.32. The summed E-state index contributed by atoms with van der Waals surface area (Å²) in [4.78, 5) is 23.9. The van der Waals surface area contributed by atoms with Crippen molar-refractivity contribution >= 4 is 22.8 Å². The molecule has 0 aliphatic carbocycles. The summed E-state index contributed by atoms with van der Waals surface area (Å²) in [6, 6.07) is 19.9. The molecule has 0 spiro atoms. The van der Waals surface area contributed by atoms with Gasteiger partial charge in [-0.05, 0) is 42.7 Å². The van der Waals surface area contributed by atoms with Crippen LogP contribution in [0.4, 0.5) is 5.82 Å². The Hall–Kier alpha value is -3.74. The highest BCUT2D eigenvalue weighted by molar-refractivity contribution is 5.87. The van der Waals surface area contributed by atoms with E-state index in [0.717, 1.165) is 47.6 Å². The molecule has 0 radical (unpaired) electrons. The Balaban J connectivity index is 1.32. The van der Waals surface area contributed by atoms with Crippen LogP contribution in [0, 0.1) is 0 Å². The lowest BCUT2D eigenvalue weighted by Crippen LogP contribution is -2.32. The molecule has 3 aromatic heterocycles. The third kappa shape index (κ3) is 4.12. The molecule has 4 heterocycles. The van der Waals surface area contributed by atoms with Crippen molar-refractivity contribution in [1.29, 1.82) is 0 Å². The Morgan fingerprint density at radius 2 is 1.97 bits per heavy atom. The van der Waals surface area contributed by atoms with Gasteiger partial charge in [-0.3, -0.25) is 14.9 Å². The van der Waals surface area contributed by atoms with Crippen LogP contribution < -0.4 is 5.32 Å². The predicted octanol–water partition coefficient (Wildman–Crippen LogP) is 3.87. The van der Waals surface area contributed by atoms with Crippen molar-refractivity contribution in [3.63, 3.8) is 0 Å². The second-order valence-corrected chi connectivity index (χ2v) is 7.79. The van der Waals surface area contributed by atoms with E-state index in [4.69, 9.17) is 4.98 Å². The highest BCUT2D eigenvalue weighted by atomic mass is 16.2. The van der Waals surface area contributed by atoms with Crippen LogP contribution in [0.5, 0.6) is 0 Å². The predicted molar refractivity (Wildman–Crippen MR) is 119 cm³/mol. The maximum absolute atomic E-state index is 12.9. The average Bonchev–Trinajstić information content (AvgIpc) is 3.46. The van der Waals surface area contributed by atoms with E-state index in [1.165, 1.54) is 5.56 Å². The lowest BCUT2D eigenvalue weighted by atomic mass is 10.1. The maximum atomic E-state index is 12.9. The van der Waals surface area contributed by atoms with E-state index in [9.17, 15) is 4.79 Å². The van der Waals surface area contributed by atoms with Crippen molar-refractivity contribution in [3.8, 4) is 0 Å². The maximum Gasteiger partial charge on any atom is 0.229 e. The zero-order chi connectivity index (χ0) is 21.0. The second-order valence-electron chi connectivity index (χ2n) is 7.79. The largest absolute Gasteiger partial charge is 0.364 e. The molecule has 1 amide bonds. The van der Waals surface area contributed by atoms with Crippen molar-refractivity contribution in [2.45, 2.75) is 31.8 Å². The lowest BCUT2D eigenvalue weighted by molar-refractivity contribution is -0.131. The van der Waals surface area contributed by atoms with E-state index < -0.39 is 0 Å². The molecule has 1 aromatic carbocycles. The lowest BCUT2D eigenvalue weighted by Gasteiger charge is -2.24. The summed E-state index contributed by atoms with van der Waals surface area (Å²) in [5.74, 6) is 0.880. The first kappa shape index (κ1) is 19.2. The number of aromatic amines is 1. The summed E-state index contributed by atoms with van der Waals surface area (Å²) >= 11 is 0. The molecule has 1 atom stereocenters. The van der Waals surface area contributed by atoms with Crippen LogP contribution in [0.1, 0.15) is 35.8 Å². The van der Waals surface area contributed by atoms with E-state index in [-0.39, 0.29) is 11.9 Å². The van der Waals surface area contributed by atoms with Crippen molar-refractivity contribution in [1.82, 2.24) is 25.1 Å². The van der Waals surface area contributed by atoms with Gasteiger partial charge in [-0.25, -0.2) is 4.98 Å². The molecule has 0 saturated carbocycles.